The van der Waals surface area contributed by atoms with Crippen LogP contribution in [-0.4, -0.2) is 55.7 Å². The third-order valence-corrected chi connectivity index (χ3v) is 8.01. The standard InChI is InChI=1S/C15H24Cl2N3O7PS/c1-3-26-28(23,27-4-2)15(13-5-7-14(8-6-13)20(21)22)18-29(24,25)19(11-9-16)12-10-17/h5-8,15,18H,3-4,9-12H2,1-2H3. The van der Waals surface area contributed by atoms with Crippen LogP contribution < -0.4 is 4.72 Å². The number of rotatable bonds is 14. The van der Waals surface area contributed by atoms with E-state index in [1.165, 1.54) is 24.3 Å². The molecule has 0 aliphatic rings. The summed E-state index contributed by atoms with van der Waals surface area (Å²) >= 11 is 11.4. The van der Waals surface area contributed by atoms with Crippen molar-refractivity contribution in [2.75, 3.05) is 38.1 Å². The molecule has 0 heterocycles. The quantitative estimate of drug-likeness (QED) is 0.182. The van der Waals surface area contributed by atoms with Crippen molar-refractivity contribution in [2.45, 2.75) is 19.6 Å². The molecule has 14 heteroatoms. The number of nitro groups is 1. The van der Waals surface area contributed by atoms with Gasteiger partial charge in [-0.1, -0.05) is 0 Å². The van der Waals surface area contributed by atoms with E-state index in [4.69, 9.17) is 32.2 Å². The first kappa shape index (κ1) is 26.3. The first-order valence-corrected chi connectivity index (χ1v) is 12.8. The van der Waals surface area contributed by atoms with E-state index in [-0.39, 0.29) is 49.3 Å². The third-order valence-electron chi connectivity index (χ3n) is 3.62. The molecule has 1 rings (SSSR count). The highest BCUT2D eigenvalue weighted by molar-refractivity contribution is 7.87. The van der Waals surface area contributed by atoms with Gasteiger partial charge < -0.3 is 9.05 Å². The lowest BCUT2D eigenvalue weighted by Crippen LogP contribution is -2.44. The predicted molar refractivity (Wildman–Crippen MR) is 112 cm³/mol. The first-order valence-electron chi connectivity index (χ1n) is 8.67. The zero-order valence-corrected chi connectivity index (χ0v) is 19.2. The van der Waals surface area contributed by atoms with Gasteiger partial charge in [-0.05, 0) is 31.5 Å². The summed E-state index contributed by atoms with van der Waals surface area (Å²) in [6.07, 6.45) is 0. The molecule has 0 saturated heterocycles. The van der Waals surface area contributed by atoms with E-state index in [1.807, 2.05) is 0 Å². The highest BCUT2D eigenvalue weighted by Gasteiger charge is 2.41. The van der Waals surface area contributed by atoms with E-state index in [2.05, 4.69) is 4.72 Å². The Morgan fingerprint density at radius 2 is 1.62 bits per heavy atom. The smallest absolute Gasteiger partial charge is 0.308 e. The van der Waals surface area contributed by atoms with Crippen molar-refractivity contribution in [1.82, 2.24) is 9.03 Å². The van der Waals surface area contributed by atoms with Crippen LogP contribution in [0.1, 0.15) is 25.2 Å². The SMILES string of the molecule is CCOP(=O)(OCC)C(NS(=O)(=O)N(CCCl)CCCl)c1ccc([N+](=O)[O-])cc1. The van der Waals surface area contributed by atoms with Gasteiger partial charge in [0.2, 0.25) is 0 Å². The molecular formula is C15H24Cl2N3O7PS. The second-order valence-corrected chi connectivity index (χ2v) is 10.1. The monoisotopic (exact) mass is 491 g/mol. The van der Waals surface area contributed by atoms with E-state index in [0.29, 0.717) is 0 Å². The molecule has 0 aromatic heterocycles. The fraction of sp³-hybridized carbons (Fsp3) is 0.600. The molecule has 0 fully saturated rings. The summed E-state index contributed by atoms with van der Waals surface area (Å²) < 4.78 is 53.1. The number of hydrogen-bond donors (Lipinski definition) is 1. The highest BCUT2D eigenvalue weighted by atomic mass is 35.5. The third kappa shape index (κ3) is 7.45. The number of alkyl halides is 2. The number of halogens is 2. The van der Waals surface area contributed by atoms with Crippen LogP contribution in [0, 0.1) is 10.1 Å². The van der Waals surface area contributed by atoms with Gasteiger partial charge in [-0.3, -0.25) is 14.7 Å². The second-order valence-electron chi connectivity index (χ2n) is 5.53. The molecule has 1 aromatic rings. The summed E-state index contributed by atoms with van der Waals surface area (Å²) in [6.45, 7) is 3.11. The van der Waals surface area contributed by atoms with Crippen molar-refractivity contribution in [3.63, 3.8) is 0 Å². The fourth-order valence-electron chi connectivity index (χ4n) is 2.40. The maximum Gasteiger partial charge on any atom is 0.352 e. The molecule has 10 nitrogen and oxygen atoms in total. The molecule has 166 valence electrons. The lowest BCUT2D eigenvalue weighted by atomic mass is 10.2. The molecule has 0 amide bonds. The molecule has 0 spiro atoms. The predicted octanol–water partition coefficient (Wildman–Crippen LogP) is 3.47. The second kappa shape index (κ2) is 12.2. The van der Waals surface area contributed by atoms with E-state index in [1.54, 1.807) is 13.8 Å². The molecule has 0 radical (unpaired) electrons. The van der Waals surface area contributed by atoms with Gasteiger partial charge >= 0.3 is 7.60 Å². The molecular weight excluding hydrogens is 468 g/mol. The number of hydrogen-bond acceptors (Lipinski definition) is 7. The summed E-state index contributed by atoms with van der Waals surface area (Å²) in [5.74, 6) is -1.38. The average molecular weight is 492 g/mol. The Balaban J connectivity index is 3.43. The van der Waals surface area contributed by atoms with Crippen molar-refractivity contribution < 1.29 is 27.0 Å². The Morgan fingerprint density at radius 1 is 1.14 bits per heavy atom. The lowest BCUT2D eigenvalue weighted by molar-refractivity contribution is -0.384. The zero-order valence-electron chi connectivity index (χ0n) is 16.0. The fourth-order valence-corrected chi connectivity index (χ4v) is 6.78. The number of non-ortho nitro benzene ring substituents is 1. The van der Waals surface area contributed by atoms with Gasteiger partial charge in [-0.25, -0.2) is 0 Å². The normalized spacial score (nSPS) is 13.6. The molecule has 0 aliphatic carbocycles. The number of nitrogens with one attached hydrogen (secondary N) is 1. The molecule has 0 saturated carbocycles. The van der Waals surface area contributed by atoms with Crippen LogP contribution in [0.4, 0.5) is 5.69 Å². The Bertz CT molecular complexity index is 795. The van der Waals surface area contributed by atoms with Crippen molar-refractivity contribution in [2.24, 2.45) is 0 Å². The van der Waals surface area contributed by atoms with E-state index < -0.39 is 28.5 Å². The summed E-state index contributed by atoms with van der Waals surface area (Å²) in [5, 5.41) is 10.9. The van der Waals surface area contributed by atoms with Crippen LogP contribution in [0.5, 0.6) is 0 Å². The number of nitrogens with zero attached hydrogens (tertiary/aromatic N) is 2. The Morgan fingerprint density at radius 3 is 2.00 bits per heavy atom. The van der Waals surface area contributed by atoms with Gasteiger partial charge in [-0.2, -0.15) is 17.4 Å². The van der Waals surface area contributed by atoms with E-state index in [9.17, 15) is 23.1 Å². The largest absolute Gasteiger partial charge is 0.352 e. The van der Waals surface area contributed by atoms with Gasteiger partial charge in [0.1, 0.15) is 5.78 Å². The van der Waals surface area contributed by atoms with Gasteiger partial charge in [0, 0.05) is 37.0 Å². The molecule has 29 heavy (non-hydrogen) atoms. The Labute approximate surface area is 180 Å². The van der Waals surface area contributed by atoms with Crippen molar-refractivity contribution >= 4 is 46.7 Å². The van der Waals surface area contributed by atoms with Crippen LogP contribution in [-0.2, 0) is 23.8 Å². The van der Waals surface area contributed by atoms with Crippen molar-refractivity contribution in [1.29, 1.82) is 0 Å². The molecule has 0 aliphatic heterocycles. The lowest BCUT2D eigenvalue weighted by Gasteiger charge is -2.29. The highest BCUT2D eigenvalue weighted by Crippen LogP contribution is 2.60. The molecule has 1 N–H and O–H groups in total. The minimum Gasteiger partial charge on any atom is -0.308 e. The molecule has 1 atom stereocenters. The van der Waals surface area contributed by atoms with E-state index >= 15 is 0 Å². The van der Waals surface area contributed by atoms with Gasteiger partial charge in [0.15, 0.2) is 0 Å². The zero-order chi connectivity index (χ0) is 22.1. The van der Waals surface area contributed by atoms with Crippen LogP contribution in [0.3, 0.4) is 0 Å². The molecule has 0 bridgehead atoms. The van der Waals surface area contributed by atoms with Crippen LogP contribution in [0.25, 0.3) is 0 Å². The summed E-state index contributed by atoms with van der Waals surface area (Å²) in [6, 6.07) is 4.94. The van der Waals surface area contributed by atoms with Crippen LogP contribution >= 0.6 is 30.8 Å². The Hall–Kier alpha value is -0.780. The van der Waals surface area contributed by atoms with Crippen LogP contribution in [0.15, 0.2) is 24.3 Å². The average Bonchev–Trinajstić information content (AvgIpc) is 2.66. The van der Waals surface area contributed by atoms with Crippen molar-refractivity contribution in [3.8, 4) is 0 Å². The minimum absolute atomic E-state index is 0.00440. The van der Waals surface area contributed by atoms with E-state index in [0.717, 1.165) is 4.31 Å². The topological polar surface area (TPSA) is 128 Å². The van der Waals surface area contributed by atoms with Gasteiger partial charge in [-0.15, -0.1) is 23.2 Å². The van der Waals surface area contributed by atoms with Gasteiger partial charge in [0.05, 0.1) is 18.1 Å². The number of benzene rings is 1. The number of nitro benzene ring substituents is 1. The van der Waals surface area contributed by atoms with Crippen molar-refractivity contribution in [3.05, 3.63) is 39.9 Å². The minimum atomic E-state index is -4.19. The van der Waals surface area contributed by atoms with Crippen LogP contribution in [0.2, 0.25) is 0 Å². The first-order chi connectivity index (χ1) is 13.6. The maximum atomic E-state index is 13.4. The summed E-state index contributed by atoms with van der Waals surface area (Å²) in [7, 11) is -8.21. The molecule has 1 unspecified atom stereocenters. The maximum absolute atomic E-state index is 13.4. The summed E-state index contributed by atoms with van der Waals surface area (Å²) in [5.41, 5.74) is -0.0231. The van der Waals surface area contributed by atoms with Gasteiger partial charge in [0.25, 0.3) is 15.9 Å². The summed E-state index contributed by atoms with van der Waals surface area (Å²) in [4.78, 5) is 10.3. The molecule has 1 aromatic carbocycles. The Kier molecular flexibility index (Phi) is 11.0.